The number of fused-ring (bicyclic) bond motifs is 1. The van der Waals surface area contributed by atoms with Gasteiger partial charge in [-0.3, -0.25) is 0 Å². The minimum absolute atomic E-state index is 0.175. The number of phenols is 1. The first-order valence-corrected chi connectivity index (χ1v) is 7.87. The van der Waals surface area contributed by atoms with Gasteiger partial charge in [-0.25, -0.2) is 0 Å². The van der Waals surface area contributed by atoms with Crippen LogP contribution >= 0.6 is 0 Å². The molecular formula is C19H22N2O3. The van der Waals surface area contributed by atoms with Gasteiger partial charge in [-0.1, -0.05) is 39.0 Å². The highest BCUT2D eigenvalue weighted by Gasteiger charge is 2.28. The standard InChI is InChI=1S/C19H22N2O3/c1-19(2,3)14-10-15(23-4)13-11-24-18(21-16(13)17(14)22)20-12-8-6-5-7-9-12/h5-10,22H,11H2,1-4H3,(H,20,21). The summed E-state index contributed by atoms with van der Waals surface area (Å²) < 4.78 is 11.2. The molecule has 5 heteroatoms. The van der Waals surface area contributed by atoms with Gasteiger partial charge in [0.15, 0.2) is 0 Å². The number of para-hydroxylation sites is 1. The van der Waals surface area contributed by atoms with Crippen molar-refractivity contribution in [3.8, 4) is 11.5 Å². The number of hydrogen-bond donors (Lipinski definition) is 2. The summed E-state index contributed by atoms with van der Waals surface area (Å²) in [6.45, 7) is 6.41. The van der Waals surface area contributed by atoms with Crippen LogP contribution in [-0.2, 0) is 16.8 Å². The second-order valence-electron chi connectivity index (χ2n) is 6.75. The fourth-order valence-electron chi connectivity index (χ4n) is 2.67. The van der Waals surface area contributed by atoms with E-state index in [4.69, 9.17) is 9.47 Å². The van der Waals surface area contributed by atoms with Crippen molar-refractivity contribution in [1.29, 1.82) is 0 Å². The van der Waals surface area contributed by atoms with E-state index in [1.165, 1.54) is 0 Å². The number of nitrogens with zero attached hydrogens (tertiary/aromatic N) is 1. The topological polar surface area (TPSA) is 63.1 Å². The van der Waals surface area contributed by atoms with Crippen LogP contribution in [0, 0.1) is 0 Å². The molecule has 0 saturated carbocycles. The molecule has 0 unspecified atom stereocenters. The highest BCUT2D eigenvalue weighted by molar-refractivity contribution is 5.93. The lowest BCUT2D eigenvalue weighted by Crippen LogP contribution is -2.20. The molecule has 24 heavy (non-hydrogen) atoms. The van der Waals surface area contributed by atoms with E-state index >= 15 is 0 Å². The van der Waals surface area contributed by atoms with Gasteiger partial charge < -0.3 is 19.9 Å². The van der Waals surface area contributed by atoms with Crippen LogP contribution in [0.5, 0.6) is 11.5 Å². The number of amidine groups is 1. The molecule has 0 fully saturated rings. The van der Waals surface area contributed by atoms with Gasteiger partial charge >= 0.3 is 0 Å². The van der Waals surface area contributed by atoms with Crippen molar-refractivity contribution in [3.05, 3.63) is 47.5 Å². The van der Waals surface area contributed by atoms with Gasteiger partial charge in [0, 0.05) is 11.3 Å². The predicted octanol–water partition coefficient (Wildman–Crippen LogP) is 4.33. The van der Waals surface area contributed by atoms with E-state index in [2.05, 4.69) is 10.3 Å². The molecule has 2 aromatic rings. The molecule has 0 atom stereocenters. The summed E-state index contributed by atoms with van der Waals surface area (Å²) in [6, 6.07) is 11.9. The fourth-order valence-corrected chi connectivity index (χ4v) is 2.67. The van der Waals surface area contributed by atoms with E-state index in [1.807, 2.05) is 57.2 Å². The largest absolute Gasteiger partial charge is 0.505 e. The molecule has 0 bridgehead atoms. The Morgan fingerprint density at radius 1 is 1.21 bits per heavy atom. The Kier molecular flexibility index (Phi) is 4.09. The van der Waals surface area contributed by atoms with Gasteiger partial charge in [0.05, 0.1) is 12.7 Å². The molecule has 2 N–H and O–H groups in total. The van der Waals surface area contributed by atoms with Crippen molar-refractivity contribution in [2.75, 3.05) is 12.4 Å². The number of benzene rings is 2. The number of aliphatic imine (C=N–C) groups is 1. The fraction of sp³-hybridized carbons (Fsp3) is 0.316. The van der Waals surface area contributed by atoms with Crippen LogP contribution in [-0.4, -0.2) is 18.2 Å². The molecule has 2 aromatic carbocycles. The zero-order chi connectivity index (χ0) is 17.3. The molecule has 0 amide bonds. The maximum atomic E-state index is 10.7. The van der Waals surface area contributed by atoms with Crippen LogP contribution in [0.15, 0.2) is 41.4 Å². The second-order valence-corrected chi connectivity index (χ2v) is 6.75. The summed E-state index contributed by atoms with van der Waals surface area (Å²) in [5, 5.41) is 13.8. The summed E-state index contributed by atoms with van der Waals surface area (Å²) in [4.78, 5) is 4.48. The number of ether oxygens (including phenoxy) is 2. The van der Waals surface area contributed by atoms with Crippen LogP contribution in [0.4, 0.5) is 11.4 Å². The highest BCUT2D eigenvalue weighted by atomic mass is 16.5. The Labute approximate surface area is 142 Å². The molecule has 0 aromatic heterocycles. The number of rotatable bonds is 2. The van der Waals surface area contributed by atoms with Crippen LogP contribution < -0.4 is 10.1 Å². The average molecular weight is 326 g/mol. The van der Waals surface area contributed by atoms with Crippen LogP contribution in [0.2, 0.25) is 0 Å². The first-order chi connectivity index (χ1) is 11.4. The SMILES string of the molecule is COc1cc(C(C)(C)C)c(O)c2c1COC(Nc1ccccc1)=N2. The number of methoxy groups -OCH3 is 1. The van der Waals surface area contributed by atoms with Gasteiger partial charge in [-0.2, -0.15) is 4.99 Å². The van der Waals surface area contributed by atoms with Crippen LogP contribution in [0.3, 0.4) is 0 Å². The molecule has 1 aliphatic rings. The predicted molar refractivity (Wildman–Crippen MR) is 95.3 cm³/mol. The first kappa shape index (κ1) is 16.2. The zero-order valence-electron chi connectivity index (χ0n) is 14.4. The molecule has 5 nitrogen and oxygen atoms in total. The van der Waals surface area contributed by atoms with Crippen molar-refractivity contribution >= 4 is 17.4 Å². The molecule has 0 saturated heterocycles. The van der Waals surface area contributed by atoms with Crippen molar-refractivity contribution in [2.24, 2.45) is 4.99 Å². The molecule has 126 valence electrons. The number of hydrogen-bond acceptors (Lipinski definition) is 5. The van der Waals surface area contributed by atoms with Gasteiger partial charge in [-0.15, -0.1) is 0 Å². The summed E-state index contributed by atoms with van der Waals surface area (Å²) in [5.41, 5.74) is 2.69. The van der Waals surface area contributed by atoms with Crippen molar-refractivity contribution in [3.63, 3.8) is 0 Å². The lowest BCUT2D eigenvalue weighted by Gasteiger charge is -2.26. The monoisotopic (exact) mass is 326 g/mol. The van der Waals surface area contributed by atoms with Gasteiger partial charge in [0.1, 0.15) is 23.8 Å². The smallest absolute Gasteiger partial charge is 0.294 e. The summed E-state index contributed by atoms with van der Waals surface area (Å²) in [5.74, 6) is 0.851. The molecule has 1 aliphatic heterocycles. The molecule has 0 aliphatic carbocycles. The maximum Gasteiger partial charge on any atom is 0.294 e. The molecule has 0 spiro atoms. The highest BCUT2D eigenvalue weighted by Crippen LogP contribution is 2.46. The second kappa shape index (κ2) is 6.07. The van der Waals surface area contributed by atoms with Gasteiger partial charge in [0.2, 0.25) is 0 Å². The van der Waals surface area contributed by atoms with Crippen molar-refractivity contribution in [1.82, 2.24) is 0 Å². The Hall–Kier alpha value is -2.69. The Balaban J connectivity index is 2.06. The summed E-state index contributed by atoms with van der Waals surface area (Å²) >= 11 is 0. The van der Waals surface area contributed by atoms with Gasteiger partial charge in [0.25, 0.3) is 6.02 Å². The average Bonchev–Trinajstić information content (AvgIpc) is 2.55. The normalized spacial score (nSPS) is 13.6. The quantitative estimate of drug-likeness (QED) is 0.862. The molecule has 3 rings (SSSR count). The van der Waals surface area contributed by atoms with Gasteiger partial charge in [-0.05, 0) is 23.6 Å². The minimum Gasteiger partial charge on any atom is -0.505 e. The third kappa shape index (κ3) is 3.02. The third-order valence-electron chi connectivity index (χ3n) is 3.96. The zero-order valence-corrected chi connectivity index (χ0v) is 14.4. The molecule has 1 heterocycles. The number of phenolic OH excluding ortho intramolecular Hbond substituents is 1. The van der Waals surface area contributed by atoms with E-state index in [0.29, 0.717) is 17.5 Å². The number of nitrogens with one attached hydrogen (secondary N) is 1. The lowest BCUT2D eigenvalue weighted by atomic mass is 9.84. The Morgan fingerprint density at radius 3 is 2.54 bits per heavy atom. The van der Waals surface area contributed by atoms with Crippen molar-refractivity contribution in [2.45, 2.75) is 32.8 Å². The Morgan fingerprint density at radius 2 is 1.92 bits per heavy atom. The Bertz CT molecular complexity index is 777. The van der Waals surface area contributed by atoms with Crippen molar-refractivity contribution < 1.29 is 14.6 Å². The number of anilines is 1. The van der Waals surface area contributed by atoms with E-state index in [-0.39, 0.29) is 17.8 Å². The van der Waals surface area contributed by atoms with E-state index in [1.54, 1.807) is 7.11 Å². The molecular weight excluding hydrogens is 304 g/mol. The van der Waals surface area contributed by atoms with Crippen LogP contribution in [0.1, 0.15) is 31.9 Å². The maximum absolute atomic E-state index is 10.7. The first-order valence-electron chi connectivity index (χ1n) is 7.87. The lowest BCUT2D eigenvalue weighted by molar-refractivity contribution is 0.275. The van der Waals surface area contributed by atoms with E-state index < -0.39 is 0 Å². The summed E-state index contributed by atoms with van der Waals surface area (Å²) in [6.07, 6.45) is 0. The van der Waals surface area contributed by atoms with E-state index in [9.17, 15) is 5.11 Å². The van der Waals surface area contributed by atoms with E-state index in [0.717, 1.165) is 16.8 Å². The number of aromatic hydroxyl groups is 1. The molecule has 0 radical (unpaired) electrons. The summed E-state index contributed by atoms with van der Waals surface area (Å²) in [7, 11) is 1.61. The minimum atomic E-state index is -0.229. The van der Waals surface area contributed by atoms with Crippen LogP contribution in [0.25, 0.3) is 0 Å². The third-order valence-corrected chi connectivity index (χ3v) is 3.96.